The normalized spacial score (nSPS) is 16.2. The molecule has 0 bridgehead atoms. The number of rotatable bonds is 10. The van der Waals surface area contributed by atoms with Crippen molar-refractivity contribution in [3.05, 3.63) is 72.3 Å². The summed E-state index contributed by atoms with van der Waals surface area (Å²) in [7, 11) is 1.65. The van der Waals surface area contributed by atoms with Crippen LogP contribution >= 0.6 is 0 Å². The molecule has 12 heteroatoms. The fraction of sp³-hybridized carbons (Fsp3) is 0.333. The molecule has 0 aliphatic carbocycles. The van der Waals surface area contributed by atoms with Crippen LogP contribution in [-0.2, 0) is 11.3 Å². The summed E-state index contributed by atoms with van der Waals surface area (Å²) < 4.78 is 18.6. The van der Waals surface area contributed by atoms with Crippen molar-refractivity contribution in [1.82, 2.24) is 35.1 Å². The maximum atomic E-state index is 9.60. The van der Waals surface area contributed by atoms with Gasteiger partial charge in [-0.3, -0.25) is 4.90 Å². The van der Waals surface area contributed by atoms with Gasteiger partial charge >= 0.3 is 0 Å². The van der Waals surface area contributed by atoms with E-state index < -0.39 is 0 Å². The first kappa shape index (κ1) is 27.3. The standard InChI is InChI=1S/C30H31N9O3/c1-20(16-39-19-34-36-37-39)42-29-12-23(3-4-24(29)13-31)25-14-32-30(33-15-25)35-27-11-22(5-6-28(27)40-2)21-7-9-38(10-8-21)26-17-41-18-26/h3-7,11-12,14-15,19-20,26H,8-10,16-18H2,1-2H3,(H,32,33,35). The Labute approximate surface area is 243 Å². The summed E-state index contributed by atoms with van der Waals surface area (Å²) in [5, 5.41) is 24.1. The molecule has 4 aromatic rings. The van der Waals surface area contributed by atoms with E-state index in [-0.39, 0.29) is 6.10 Å². The van der Waals surface area contributed by atoms with Gasteiger partial charge in [0.25, 0.3) is 0 Å². The van der Waals surface area contributed by atoms with Gasteiger partial charge in [0.15, 0.2) is 0 Å². The van der Waals surface area contributed by atoms with E-state index in [0.29, 0.717) is 35.6 Å². The van der Waals surface area contributed by atoms with Crippen molar-refractivity contribution in [1.29, 1.82) is 5.26 Å². The van der Waals surface area contributed by atoms with E-state index in [1.165, 1.54) is 11.9 Å². The van der Waals surface area contributed by atoms with E-state index in [9.17, 15) is 5.26 Å². The molecule has 1 fully saturated rings. The Morgan fingerprint density at radius 3 is 2.60 bits per heavy atom. The number of nitriles is 1. The number of nitrogens with one attached hydrogen (secondary N) is 1. The summed E-state index contributed by atoms with van der Waals surface area (Å²) in [6.45, 7) is 5.97. The molecule has 0 saturated carbocycles. The molecule has 1 atom stereocenters. The number of ether oxygens (including phenoxy) is 3. The Kier molecular flexibility index (Phi) is 8.02. The largest absolute Gasteiger partial charge is 0.495 e. The van der Waals surface area contributed by atoms with Gasteiger partial charge in [0.1, 0.15) is 30.0 Å². The molecule has 1 unspecified atom stereocenters. The third-order valence-electron chi connectivity index (χ3n) is 7.45. The zero-order valence-electron chi connectivity index (χ0n) is 23.5. The smallest absolute Gasteiger partial charge is 0.227 e. The molecule has 2 aromatic heterocycles. The van der Waals surface area contributed by atoms with Crippen LogP contribution < -0.4 is 14.8 Å². The highest BCUT2D eigenvalue weighted by atomic mass is 16.5. The van der Waals surface area contributed by atoms with E-state index in [0.717, 1.165) is 55.1 Å². The average Bonchev–Trinajstić information content (AvgIpc) is 3.50. The van der Waals surface area contributed by atoms with Crippen molar-refractivity contribution in [3.8, 4) is 28.7 Å². The minimum absolute atomic E-state index is 0.259. The second kappa shape index (κ2) is 12.3. The van der Waals surface area contributed by atoms with Gasteiger partial charge in [-0.15, -0.1) is 5.10 Å². The molecule has 2 aromatic carbocycles. The van der Waals surface area contributed by atoms with Gasteiger partial charge in [-0.2, -0.15) is 5.26 Å². The molecule has 2 aliphatic rings. The quantitative estimate of drug-likeness (QED) is 0.301. The van der Waals surface area contributed by atoms with Gasteiger partial charge in [-0.05, 0) is 64.7 Å². The fourth-order valence-electron chi connectivity index (χ4n) is 5.05. The van der Waals surface area contributed by atoms with E-state index >= 15 is 0 Å². The summed E-state index contributed by atoms with van der Waals surface area (Å²) in [6.07, 6.45) is 8.03. The maximum Gasteiger partial charge on any atom is 0.227 e. The van der Waals surface area contributed by atoms with Gasteiger partial charge in [0, 0.05) is 31.0 Å². The Morgan fingerprint density at radius 2 is 1.93 bits per heavy atom. The topological polar surface area (TPSA) is 136 Å². The number of aromatic nitrogens is 6. The molecule has 0 radical (unpaired) electrons. The molecule has 0 spiro atoms. The molecule has 0 amide bonds. The Bertz CT molecular complexity index is 1600. The highest BCUT2D eigenvalue weighted by Gasteiger charge is 2.27. The summed E-state index contributed by atoms with van der Waals surface area (Å²) in [5.41, 5.74) is 5.32. The third kappa shape index (κ3) is 6.07. The average molecular weight is 566 g/mol. The van der Waals surface area contributed by atoms with Gasteiger partial charge in [0.2, 0.25) is 5.95 Å². The lowest BCUT2D eigenvalue weighted by molar-refractivity contribution is -0.0612. The predicted octanol–water partition coefficient (Wildman–Crippen LogP) is 3.71. The minimum atomic E-state index is -0.259. The number of methoxy groups -OCH3 is 1. The second-order valence-electron chi connectivity index (χ2n) is 10.3. The first-order valence-corrected chi connectivity index (χ1v) is 13.8. The van der Waals surface area contributed by atoms with Crippen LogP contribution in [0.4, 0.5) is 11.6 Å². The number of hydrogen-bond acceptors (Lipinski definition) is 11. The lowest BCUT2D eigenvalue weighted by atomic mass is 9.97. The Balaban J connectivity index is 1.16. The van der Waals surface area contributed by atoms with Crippen LogP contribution in [0.15, 0.2) is 61.2 Å². The third-order valence-corrected chi connectivity index (χ3v) is 7.45. The van der Waals surface area contributed by atoms with Gasteiger partial charge in [0.05, 0.1) is 44.2 Å². The molecular weight excluding hydrogens is 534 g/mol. The Morgan fingerprint density at radius 1 is 1.10 bits per heavy atom. The maximum absolute atomic E-state index is 9.60. The van der Waals surface area contributed by atoms with E-state index in [2.05, 4.69) is 60.0 Å². The first-order chi connectivity index (χ1) is 20.6. The van der Waals surface area contributed by atoms with Crippen LogP contribution in [0, 0.1) is 11.3 Å². The molecule has 214 valence electrons. The van der Waals surface area contributed by atoms with Gasteiger partial charge in [-0.25, -0.2) is 14.6 Å². The lowest BCUT2D eigenvalue weighted by Gasteiger charge is -2.38. The van der Waals surface area contributed by atoms with Crippen LogP contribution in [0.25, 0.3) is 16.7 Å². The molecule has 12 nitrogen and oxygen atoms in total. The summed E-state index contributed by atoms with van der Waals surface area (Å²) >= 11 is 0. The molecule has 1 saturated heterocycles. The van der Waals surface area contributed by atoms with E-state index in [1.807, 2.05) is 25.1 Å². The number of anilines is 2. The fourth-order valence-corrected chi connectivity index (χ4v) is 5.05. The van der Waals surface area contributed by atoms with Crippen LogP contribution in [0.2, 0.25) is 0 Å². The van der Waals surface area contributed by atoms with Crippen molar-refractivity contribution in [2.24, 2.45) is 0 Å². The zero-order valence-corrected chi connectivity index (χ0v) is 23.5. The van der Waals surface area contributed by atoms with Crippen molar-refractivity contribution in [2.45, 2.75) is 32.0 Å². The van der Waals surface area contributed by atoms with Crippen molar-refractivity contribution < 1.29 is 14.2 Å². The van der Waals surface area contributed by atoms with Gasteiger partial charge < -0.3 is 19.5 Å². The molecule has 1 N–H and O–H groups in total. The Hall–Kier alpha value is -4.86. The number of tetrazole rings is 1. The summed E-state index contributed by atoms with van der Waals surface area (Å²) in [6, 6.07) is 14.3. The first-order valence-electron chi connectivity index (χ1n) is 13.8. The van der Waals surface area contributed by atoms with Crippen molar-refractivity contribution in [3.63, 3.8) is 0 Å². The molecule has 2 aliphatic heterocycles. The van der Waals surface area contributed by atoms with Crippen LogP contribution in [-0.4, -0.2) is 80.6 Å². The van der Waals surface area contributed by atoms with Crippen LogP contribution in [0.1, 0.15) is 24.5 Å². The van der Waals surface area contributed by atoms with Crippen molar-refractivity contribution >= 4 is 17.2 Å². The van der Waals surface area contributed by atoms with E-state index in [1.54, 1.807) is 30.3 Å². The van der Waals surface area contributed by atoms with Crippen LogP contribution in [0.5, 0.6) is 11.5 Å². The highest BCUT2D eigenvalue weighted by molar-refractivity contribution is 5.74. The lowest BCUT2D eigenvalue weighted by Crippen LogP contribution is -2.50. The van der Waals surface area contributed by atoms with E-state index in [4.69, 9.17) is 14.2 Å². The minimum Gasteiger partial charge on any atom is -0.495 e. The summed E-state index contributed by atoms with van der Waals surface area (Å²) in [5.74, 6) is 1.63. The van der Waals surface area contributed by atoms with Crippen LogP contribution in [0.3, 0.4) is 0 Å². The number of hydrogen-bond donors (Lipinski definition) is 1. The second-order valence-corrected chi connectivity index (χ2v) is 10.3. The van der Waals surface area contributed by atoms with Crippen molar-refractivity contribution in [2.75, 3.05) is 38.7 Å². The molecule has 6 rings (SSSR count). The molecular formula is C30H31N9O3. The highest BCUT2D eigenvalue weighted by Crippen LogP contribution is 2.33. The zero-order chi connectivity index (χ0) is 28.9. The molecule has 4 heterocycles. The summed E-state index contributed by atoms with van der Waals surface area (Å²) in [4.78, 5) is 11.6. The number of benzene rings is 2. The molecule has 42 heavy (non-hydrogen) atoms. The predicted molar refractivity (Wildman–Crippen MR) is 155 cm³/mol. The monoisotopic (exact) mass is 565 g/mol. The number of nitrogens with zero attached hydrogens (tertiary/aromatic N) is 8. The van der Waals surface area contributed by atoms with Gasteiger partial charge in [-0.1, -0.05) is 18.2 Å². The SMILES string of the molecule is COc1ccc(C2=CCN(C3COC3)CC2)cc1Nc1ncc(-c2ccc(C#N)c(OC(C)Cn3cnnn3)c2)cn1.